The van der Waals surface area contributed by atoms with Gasteiger partial charge in [0.2, 0.25) is 0 Å². The molecule has 33 heavy (non-hydrogen) atoms. The van der Waals surface area contributed by atoms with E-state index in [2.05, 4.69) is 30.8 Å². The Morgan fingerprint density at radius 1 is 1.06 bits per heavy atom. The standard InChI is InChI=1S/C28H25NO4/c1-4-8-23-15-21(16-24-26(29-33-28(24)30)22-9-6-5-7-10-22)17-25(31-3)27(23)32-18-20-13-11-19(2)12-14-20/h4-7,9-17H,1,8,18H2,2-3H3/b24-16-. The molecule has 1 aliphatic heterocycles. The van der Waals surface area contributed by atoms with E-state index in [0.29, 0.717) is 35.8 Å². The fourth-order valence-corrected chi connectivity index (χ4v) is 3.61. The molecule has 5 nitrogen and oxygen atoms in total. The molecule has 0 saturated heterocycles. The number of rotatable bonds is 8. The topological polar surface area (TPSA) is 57.1 Å². The molecule has 0 spiro atoms. The van der Waals surface area contributed by atoms with Gasteiger partial charge in [0.05, 0.1) is 12.7 Å². The molecule has 166 valence electrons. The number of benzene rings is 3. The number of hydrogen-bond donors (Lipinski definition) is 0. The van der Waals surface area contributed by atoms with E-state index >= 15 is 0 Å². The van der Waals surface area contributed by atoms with E-state index in [0.717, 1.165) is 22.3 Å². The Hall–Kier alpha value is -4.12. The molecule has 0 aromatic heterocycles. The molecule has 0 amide bonds. The maximum atomic E-state index is 12.4. The Bertz CT molecular complexity index is 1220. The van der Waals surface area contributed by atoms with Gasteiger partial charge in [-0.25, -0.2) is 4.79 Å². The van der Waals surface area contributed by atoms with Gasteiger partial charge in [-0.15, -0.1) is 6.58 Å². The normalized spacial score (nSPS) is 14.1. The number of oxime groups is 1. The van der Waals surface area contributed by atoms with Gasteiger partial charge < -0.3 is 14.3 Å². The van der Waals surface area contributed by atoms with Gasteiger partial charge in [0.15, 0.2) is 11.5 Å². The predicted molar refractivity (Wildman–Crippen MR) is 129 cm³/mol. The first-order valence-electron chi connectivity index (χ1n) is 10.7. The van der Waals surface area contributed by atoms with E-state index in [-0.39, 0.29) is 0 Å². The molecule has 1 aliphatic rings. The minimum Gasteiger partial charge on any atom is -0.493 e. The van der Waals surface area contributed by atoms with Gasteiger partial charge in [0, 0.05) is 11.1 Å². The first-order valence-corrected chi connectivity index (χ1v) is 10.7. The zero-order valence-electron chi connectivity index (χ0n) is 18.7. The molecule has 1 heterocycles. The van der Waals surface area contributed by atoms with Crippen molar-refractivity contribution in [1.82, 2.24) is 0 Å². The molecule has 0 N–H and O–H groups in total. The summed E-state index contributed by atoms with van der Waals surface area (Å²) in [5.74, 6) is 0.752. The molecule has 0 aliphatic carbocycles. The lowest BCUT2D eigenvalue weighted by atomic mass is 9.99. The van der Waals surface area contributed by atoms with Gasteiger partial charge >= 0.3 is 5.97 Å². The number of aryl methyl sites for hydroxylation is 1. The maximum Gasteiger partial charge on any atom is 0.368 e. The third-order valence-electron chi connectivity index (χ3n) is 5.30. The van der Waals surface area contributed by atoms with Crippen molar-refractivity contribution >= 4 is 17.8 Å². The maximum absolute atomic E-state index is 12.4. The molecule has 0 saturated carbocycles. The van der Waals surface area contributed by atoms with E-state index in [4.69, 9.17) is 14.3 Å². The Balaban J connectivity index is 1.68. The van der Waals surface area contributed by atoms with Crippen molar-refractivity contribution in [3.8, 4) is 11.5 Å². The summed E-state index contributed by atoms with van der Waals surface area (Å²) in [5, 5.41) is 3.98. The van der Waals surface area contributed by atoms with Crippen LogP contribution in [0.5, 0.6) is 11.5 Å². The van der Waals surface area contributed by atoms with Crippen LogP contribution in [0.3, 0.4) is 0 Å². The van der Waals surface area contributed by atoms with Gasteiger partial charge in [0.1, 0.15) is 12.3 Å². The van der Waals surface area contributed by atoms with Crippen molar-refractivity contribution in [2.75, 3.05) is 7.11 Å². The fourth-order valence-electron chi connectivity index (χ4n) is 3.61. The number of ether oxygens (including phenoxy) is 2. The van der Waals surface area contributed by atoms with Crippen molar-refractivity contribution in [2.24, 2.45) is 5.16 Å². The van der Waals surface area contributed by atoms with Crippen LogP contribution in [0.15, 0.2) is 90.1 Å². The van der Waals surface area contributed by atoms with Crippen molar-refractivity contribution in [1.29, 1.82) is 0 Å². The van der Waals surface area contributed by atoms with Gasteiger partial charge in [-0.1, -0.05) is 71.4 Å². The van der Waals surface area contributed by atoms with Gasteiger partial charge in [-0.3, -0.25) is 0 Å². The first-order chi connectivity index (χ1) is 16.1. The summed E-state index contributed by atoms with van der Waals surface area (Å²) >= 11 is 0. The molecule has 5 heteroatoms. The molecule has 3 aromatic rings. The number of nitrogens with zero attached hydrogens (tertiary/aromatic N) is 1. The highest BCUT2D eigenvalue weighted by atomic mass is 16.7. The van der Waals surface area contributed by atoms with Crippen LogP contribution in [0.1, 0.15) is 27.8 Å². The SMILES string of the molecule is C=CCc1cc(/C=C2\C(=O)ON=C2c2ccccc2)cc(OC)c1OCc1ccc(C)cc1. The second kappa shape index (κ2) is 10.0. The van der Waals surface area contributed by atoms with Crippen LogP contribution in [-0.4, -0.2) is 18.8 Å². The summed E-state index contributed by atoms with van der Waals surface area (Å²) in [6.07, 6.45) is 4.16. The zero-order valence-corrected chi connectivity index (χ0v) is 18.7. The smallest absolute Gasteiger partial charge is 0.368 e. The average molecular weight is 440 g/mol. The number of carbonyl (C=O) groups is 1. The summed E-state index contributed by atoms with van der Waals surface area (Å²) < 4.78 is 11.8. The third-order valence-corrected chi connectivity index (χ3v) is 5.30. The van der Waals surface area contributed by atoms with Crippen LogP contribution < -0.4 is 9.47 Å². The minimum absolute atomic E-state index is 0.390. The van der Waals surface area contributed by atoms with Crippen molar-refractivity contribution in [3.05, 3.63) is 113 Å². The number of carbonyl (C=O) groups excluding carboxylic acids is 1. The number of methoxy groups -OCH3 is 1. The Kier molecular flexibility index (Phi) is 6.69. The van der Waals surface area contributed by atoms with E-state index in [1.807, 2.05) is 60.7 Å². The summed E-state index contributed by atoms with van der Waals surface area (Å²) in [7, 11) is 1.60. The Morgan fingerprint density at radius 3 is 2.52 bits per heavy atom. The summed E-state index contributed by atoms with van der Waals surface area (Å²) in [6, 6.07) is 21.5. The fraction of sp³-hybridized carbons (Fsp3) is 0.143. The largest absolute Gasteiger partial charge is 0.493 e. The molecule has 0 unspecified atom stereocenters. The minimum atomic E-state index is -0.488. The highest BCUT2D eigenvalue weighted by Crippen LogP contribution is 2.35. The van der Waals surface area contributed by atoms with Crippen LogP contribution in [0, 0.1) is 6.92 Å². The molecule has 0 bridgehead atoms. The molecule has 3 aromatic carbocycles. The molecule has 0 atom stereocenters. The lowest BCUT2D eigenvalue weighted by Gasteiger charge is -2.16. The summed E-state index contributed by atoms with van der Waals surface area (Å²) in [6.45, 7) is 6.34. The highest BCUT2D eigenvalue weighted by molar-refractivity contribution is 6.31. The highest BCUT2D eigenvalue weighted by Gasteiger charge is 2.27. The van der Waals surface area contributed by atoms with Crippen LogP contribution in [0.4, 0.5) is 0 Å². The van der Waals surface area contributed by atoms with Crippen molar-refractivity contribution in [2.45, 2.75) is 20.0 Å². The summed E-state index contributed by atoms with van der Waals surface area (Å²) in [5.41, 5.74) is 5.66. The predicted octanol–water partition coefficient (Wildman–Crippen LogP) is 5.66. The molecule has 4 rings (SSSR count). The van der Waals surface area contributed by atoms with E-state index in [1.165, 1.54) is 5.56 Å². The van der Waals surface area contributed by atoms with Gasteiger partial charge in [0.25, 0.3) is 0 Å². The van der Waals surface area contributed by atoms with E-state index in [9.17, 15) is 4.79 Å². The number of hydrogen-bond acceptors (Lipinski definition) is 5. The molecular weight excluding hydrogens is 414 g/mol. The van der Waals surface area contributed by atoms with E-state index < -0.39 is 5.97 Å². The lowest BCUT2D eigenvalue weighted by Crippen LogP contribution is -2.07. The zero-order chi connectivity index (χ0) is 23.2. The lowest BCUT2D eigenvalue weighted by molar-refractivity contribution is -0.136. The monoisotopic (exact) mass is 439 g/mol. The first kappa shape index (κ1) is 22.1. The Morgan fingerprint density at radius 2 is 1.82 bits per heavy atom. The van der Waals surface area contributed by atoms with Crippen molar-refractivity contribution in [3.63, 3.8) is 0 Å². The van der Waals surface area contributed by atoms with Crippen molar-refractivity contribution < 1.29 is 19.1 Å². The number of allylic oxidation sites excluding steroid dienone is 1. The summed E-state index contributed by atoms with van der Waals surface area (Å²) in [4.78, 5) is 17.4. The second-order valence-electron chi connectivity index (χ2n) is 7.72. The molecular formula is C28H25NO4. The molecule has 0 fully saturated rings. The average Bonchev–Trinajstić information content (AvgIpc) is 3.20. The van der Waals surface area contributed by atoms with E-state index in [1.54, 1.807) is 13.2 Å². The second-order valence-corrected chi connectivity index (χ2v) is 7.72. The van der Waals surface area contributed by atoms with Gasteiger partial charge in [-0.05, 0) is 42.7 Å². The van der Waals surface area contributed by atoms with Crippen LogP contribution in [0.2, 0.25) is 0 Å². The van der Waals surface area contributed by atoms with Crippen LogP contribution in [-0.2, 0) is 22.7 Å². The third kappa shape index (κ3) is 5.04. The van der Waals surface area contributed by atoms with Crippen LogP contribution >= 0.6 is 0 Å². The van der Waals surface area contributed by atoms with Crippen LogP contribution in [0.25, 0.3) is 6.08 Å². The Labute approximate surface area is 193 Å². The molecule has 0 radical (unpaired) electrons. The quantitative estimate of drug-likeness (QED) is 0.258. The van der Waals surface area contributed by atoms with Gasteiger partial charge in [-0.2, -0.15) is 0 Å².